The van der Waals surface area contributed by atoms with Crippen LogP contribution in [0.25, 0.3) is 0 Å². The van der Waals surface area contributed by atoms with Crippen molar-refractivity contribution in [1.82, 2.24) is 0 Å². The fraction of sp³-hybridized carbons (Fsp3) is 0.0526. The maximum absolute atomic E-state index is 12.4. The Morgan fingerprint density at radius 2 is 1.74 bits per heavy atom. The molecule has 0 radical (unpaired) electrons. The monoisotopic (exact) mass is 381 g/mol. The molecular formula is C19H15N3O4S. The summed E-state index contributed by atoms with van der Waals surface area (Å²) < 4.78 is 0. The van der Waals surface area contributed by atoms with Gasteiger partial charge in [-0.15, -0.1) is 11.3 Å². The van der Waals surface area contributed by atoms with Crippen molar-refractivity contribution < 1.29 is 14.5 Å². The van der Waals surface area contributed by atoms with Gasteiger partial charge in [-0.2, -0.15) is 0 Å². The van der Waals surface area contributed by atoms with E-state index in [2.05, 4.69) is 10.6 Å². The van der Waals surface area contributed by atoms with Gasteiger partial charge in [0.2, 0.25) is 0 Å². The number of amides is 2. The van der Waals surface area contributed by atoms with Crippen LogP contribution in [-0.4, -0.2) is 16.7 Å². The number of nitro benzene ring substituents is 1. The number of nitro groups is 1. The van der Waals surface area contributed by atoms with Crippen molar-refractivity contribution in [2.75, 3.05) is 10.6 Å². The Hall–Kier alpha value is -3.52. The molecule has 1 aromatic heterocycles. The molecule has 0 spiro atoms. The van der Waals surface area contributed by atoms with Crippen LogP contribution in [0, 0.1) is 17.0 Å². The van der Waals surface area contributed by atoms with Gasteiger partial charge in [-0.25, -0.2) is 0 Å². The highest BCUT2D eigenvalue weighted by Crippen LogP contribution is 2.23. The maximum Gasteiger partial charge on any atom is 0.271 e. The molecule has 0 aliphatic carbocycles. The van der Waals surface area contributed by atoms with Crippen molar-refractivity contribution in [3.63, 3.8) is 0 Å². The van der Waals surface area contributed by atoms with E-state index >= 15 is 0 Å². The lowest BCUT2D eigenvalue weighted by atomic mass is 10.1. The van der Waals surface area contributed by atoms with Crippen molar-refractivity contribution in [3.8, 4) is 0 Å². The summed E-state index contributed by atoms with van der Waals surface area (Å²) in [5, 5.41) is 18.1. The third kappa shape index (κ3) is 4.36. The number of hydrogen-bond acceptors (Lipinski definition) is 5. The first kappa shape index (κ1) is 18.3. The molecule has 0 saturated carbocycles. The standard InChI is InChI=1S/C19H15N3O4S/c1-12-4-9-15(22(25)26)11-16(12)21-18(23)13-5-7-14(8-6-13)20-19(24)17-3-2-10-27-17/h2-11H,1H3,(H,20,24)(H,21,23). The van der Waals surface area contributed by atoms with E-state index in [0.717, 1.165) is 0 Å². The number of nitrogens with one attached hydrogen (secondary N) is 2. The normalized spacial score (nSPS) is 10.3. The number of aryl methyl sites for hydroxylation is 1. The maximum atomic E-state index is 12.4. The fourth-order valence-electron chi connectivity index (χ4n) is 2.36. The third-order valence-electron chi connectivity index (χ3n) is 3.83. The number of carbonyl (C=O) groups excluding carboxylic acids is 2. The van der Waals surface area contributed by atoms with E-state index in [-0.39, 0.29) is 11.6 Å². The lowest BCUT2D eigenvalue weighted by molar-refractivity contribution is -0.384. The second-order valence-electron chi connectivity index (χ2n) is 5.72. The average molecular weight is 381 g/mol. The number of thiophene rings is 1. The molecule has 0 saturated heterocycles. The van der Waals surface area contributed by atoms with E-state index in [1.165, 1.54) is 23.5 Å². The topological polar surface area (TPSA) is 101 Å². The molecule has 0 bridgehead atoms. The second-order valence-corrected chi connectivity index (χ2v) is 6.67. The van der Waals surface area contributed by atoms with Crippen molar-refractivity contribution >= 4 is 40.2 Å². The minimum atomic E-state index is -0.514. The van der Waals surface area contributed by atoms with Crippen LogP contribution in [0.3, 0.4) is 0 Å². The zero-order valence-corrected chi connectivity index (χ0v) is 15.1. The summed E-state index contributed by atoms with van der Waals surface area (Å²) in [5.41, 5.74) is 1.94. The molecule has 0 atom stereocenters. The van der Waals surface area contributed by atoms with Crippen molar-refractivity contribution in [1.29, 1.82) is 0 Å². The quantitative estimate of drug-likeness (QED) is 0.503. The molecule has 2 aromatic carbocycles. The van der Waals surface area contributed by atoms with Crippen LogP contribution in [0.2, 0.25) is 0 Å². The first-order chi connectivity index (χ1) is 12.9. The molecular weight excluding hydrogens is 366 g/mol. The number of rotatable bonds is 5. The number of carbonyl (C=O) groups is 2. The van der Waals surface area contributed by atoms with Crippen LogP contribution in [0.4, 0.5) is 17.1 Å². The molecule has 0 unspecified atom stereocenters. The summed E-state index contributed by atoms with van der Waals surface area (Å²) >= 11 is 1.34. The summed E-state index contributed by atoms with van der Waals surface area (Å²) in [6, 6.07) is 14.2. The number of benzene rings is 2. The van der Waals surface area contributed by atoms with Gasteiger partial charge in [0.15, 0.2) is 0 Å². The molecule has 2 amide bonds. The van der Waals surface area contributed by atoms with Gasteiger partial charge in [0.05, 0.1) is 15.5 Å². The summed E-state index contributed by atoms with van der Waals surface area (Å²) in [6.45, 7) is 1.75. The Bertz CT molecular complexity index is 998. The van der Waals surface area contributed by atoms with Crippen LogP contribution in [-0.2, 0) is 0 Å². The highest BCUT2D eigenvalue weighted by Gasteiger charge is 2.13. The molecule has 136 valence electrons. The zero-order valence-electron chi connectivity index (χ0n) is 14.3. The predicted molar refractivity (Wildman–Crippen MR) is 105 cm³/mol. The van der Waals surface area contributed by atoms with E-state index in [1.54, 1.807) is 49.4 Å². The van der Waals surface area contributed by atoms with Gasteiger partial charge in [0, 0.05) is 23.4 Å². The van der Waals surface area contributed by atoms with Crippen molar-refractivity contribution in [3.05, 3.63) is 86.1 Å². The van der Waals surface area contributed by atoms with E-state index in [1.807, 2.05) is 5.38 Å². The van der Waals surface area contributed by atoms with E-state index in [9.17, 15) is 19.7 Å². The van der Waals surface area contributed by atoms with Crippen LogP contribution in [0.15, 0.2) is 60.0 Å². The van der Waals surface area contributed by atoms with Crippen LogP contribution in [0.1, 0.15) is 25.6 Å². The van der Waals surface area contributed by atoms with Gasteiger partial charge in [0.25, 0.3) is 17.5 Å². The third-order valence-corrected chi connectivity index (χ3v) is 4.70. The second kappa shape index (κ2) is 7.79. The van der Waals surface area contributed by atoms with Crippen molar-refractivity contribution in [2.45, 2.75) is 6.92 Å². The molecule has 1 heterocycles. The Morgan fingerprint density at radius 1 is 1.00 bits per heavy atom. The number of non-ortho nitro benzene ring substituents is 1. The molecule has 27 heavy (non-hydrogen) atoms. The van der Waals surface area contributed by atoms with Gasteiger partial charge in [-0.1, -0.05) is 12.1 Å². The summed E-state index contributed by atoms with van der Waals surface area (Å²) in [6.07, 6.45) is 0. The molecule has 7 nitrogen and oxygen atoms in total. The molecule has 2 N–H and O–H groups in total. The van der Waals surface area contributed by atoms with Gasteiger partial charge >= 0.3 is 0 Å². The Labute approximate surface area is 158 Å². The number of anilines is 2. The minimum Gasteiger partial charge on any atom is -0.321 e. The fourth-order valence-corrected chi connectivity index (χ4v) is 2.98. The molecule has 0 aliphatic heterocycles. The highest BCUT2D eigenvalue weighted by atomic mass is 32.1. The lowest BCUT2D eigenvalue weighted by Gasteiger charge is -2.09. The molecule has 3 aromatic rings. The first-order valence-electron chi connectivity index (χ1n) is 7.95. The van der Waals surface area contributed by atoms with Crippen LogP contribution in [0.5, 0.6) is 0 Å². The first-order valence-corrected chi connectivity index (χ1v) is 8.83. The van der Waals surface area contributed by atoms with Gasteiger partial charge in [0.1, 0.15) is 0 Å². The molecule has 0 fully saturated rings. The largest absolute Gasteiger partial charge is 0.321 e. The van der Waals surface area contributed by atoms with Crippen LogP contribution >= 0.6 is 11.3 Å². The zero-order chi connectivity index (χ0) is 19.4. The summed E-state index contributed by atoms with van der Waals surface area (Å²) in [5.74, 6) is -0.607. The number of hydrogen-bond donors (Lipinski definition) is 2. The average Bonchev–Trinajstić information content (AvgIpc) is 3.18. The number of nitrogens with zero attached hydrogens (tertiary/aromatic N) is 1. The SMILES string of the molecule is Cc1ccc([N+](=O)[O-])cc1NC(=O)c1ccc(NC(=O)c2cccs2)cc1. The van der Waals surface area contributed by atoms with Gasteiger partial charge in [-0.05, 0) is 48.2 Å². The smallest absolute Gasteiger partial charge is 0.271 e. The lowest BCUT2D eigenvalue weighted by Crippen LogP contribution is -2.14. The molecule has 0 aliphatic rings. The van der Waals surface area contributed by atoms with Gasteiger partial charge in [-0.3, -0.25) is 19.7 Å². The molecule has 8 heteroatoms. The minimum absolute atomic E-state index is 0.0949. The Morgan fingerprint density at radius 3 is 2.37 bits per heavy atom. The van der Waals surface area contributed by atoms with E-state index in [4.69, 9.17) is 0 Å². The summed E-state index contributed by atoms with van der Waals surface area (Å²) in [4.78, 5) is 35.4. The summed E-state index contributed by atoms with van der Waals surface area (Å²) in [7, 11) is 0. The highest BCUT2D eigenvalue weighted by molar-refractivity contribution is 7.12. The van der Waals surface area contributed by atoms with E-state index in [0.29, 0.717) is 27.4 Å². The van der Waals surface area contributed by atoms with Crippen molar-refractivity contribution in [2.24, 2.45) is 0 Å². The Kier molecular flexibility index (Phi) is 5.28. The van der Waals surface area contributed by atoms with E-state index < -0.39 is 10.8 Å². The van der Waals surface area contributed by atoms with Gasteiger partial charge < -0.3 is 10.6 Å². The Balaban J connectivity index is 1.70. The predicted octanol–water partition coefficient (Wildman–Crippen LogP) is 4.47. The van der Waals surface area contributed by atoms with Crippen LogP contribution < -0.4 is 10.6 Å². The molecule has 3 rings (SSSR count).